The number of aromatic nitrogens is 3. The van der Waals surface area contributed by atoms with Crippen LogP contribution < -0.4 is 15.0 Å². The van der Waals surface area contributed by atoms with Crippen LogP contribution in [0, 0.1) is 12.7 Å². The van der Waals surface area contributed by atoms with Crippen LogP contribution in [0.15, 0.2) is 40.9 Å². The van der Waals surface area contributed by atoms with E-state index in [9.17, 15) is 9.18 Å². The second-order valence-electron chi connectivity index (χ2n) is 7.07. The molecule has 1 unspecified atom stereocenters. The predicted octanol–water partition coefficient (Wildman–Crippen LogP) is 2.11. The Balaban J connectivity index is 1.42. The van der Waals surface area contributed by atoms with Gasteiger partial charge in [-0.15, -0.1) is 10.2 Å². The van der Waals surface area contributed by atoms with E-state index in [0.717, 1.165) is 11.1 Å². The number of esters is 1. The number of rotatable bonds is 6. The number of carbonyl (C=O) groups is 1. The van der Waals surface area contributed by atoms with Gasteiger partial charge in [0.1, 0.15) is 29.9 Å². The Morgan fingerprint density at radius 3 is 2.77 bits per heavy atom. The van der Waals surface area contributed by atoms with E-state index in [1.165, 1.54) is 19.2 Å². The maximum atomic E-state index is 13.2. The number of methoxy groups -OCH3 is 1. The van der Waals surface area contributed by atoms with E-state index in [4.69, 9.17) is 14.0 Å². The molecule has 162 valence electrons. The van der Waals surface area contributed by atoms with Gasteiger partial charge in [-0.25, -0.2) is 4.39 Å². The summed E-state index contributed by atoms with van der Waals surface area (Å²) >= 11 is 0. The fourth-order valence-electron chi connectivity index (χ4n) is 3.36. The molecule has 1 fully saturated rings. The van der Waals surface area contributed by atoms with Crippen molar-refractivity contribution in [2.45, 2.75) is 19.6 Å². The third-order valence-electron chi connectivity index (χ3n) is 5.08. The normalized spacial score (nSPS) is 16.2. The predicted molar refractivity (Wildman–Crippen MR) is 109 cm³/mol. The highest BCUT2D eigenvalue weighted by Crippen LogP contribution is 2.26. The van der Waals surface area contributed by atoms with Crippen LogP contribution >= 0.6 is 0 Å². The average Bonchev–Trinajstić information content (AvgIpc) is 3.18. The standard InChI is InChI=1S/C21H22FN5O4/c1-13-16(20(26-31-13)14-3-5-15(22)6-4-14)12-30-19-8-7-18(24-25-19)27-10-9-23-17(11-27)21(28)29-2/h3-8,17,23H,9-12H2,1-2H3. The number of hydrogen-bond donors (Lipinski definition) is 1. The summed E-state index contributed by atoms with van der Waals surface area (Å²) in [5.74, 6) is 0.974. The number of piperazine rings is 1. The van der Waals surface area contributed by atoms with Gasteiger partial charge in [0.25, 0.3) is 0 Å². The third kappa shape index (κ3) is 4.64. The molecule has 3 aromatic rings. The van der Waals surface area contributed by atoms with Crippen LogP contribution in [0.1, 0.15) is 11.3 Å². The Morgan fingerprint density at radius 2 is 2.06 bits per heavy atom. The third-order valence-corrected chi connectivity index (χ3v) is 5.08. The summed E-state index contributed by atoms with van der Waals surface area (Å²) in [6, 6.07) is 9.13. The van der Waals surface area contributed by atoms with Crippen LogP contribution in [-0.2, 0) is 16.1 Å². The van der Waals surface area contributed by atoms with E-state index in [2.05, 4.69) is 20.7 Å². The minimum Gasteiger partial charge on any atom is -0.472 e. The highest BCUT2D eigenvalue weighted by Gasteiger charge is 2.27. The number of aryl methyl sites for hydroxylation is 1. The highest BCUT2D eigenvalue weighted by atomic mass is 19.1. The van der Waals surface area contributed by atoms with Gasteiger partial charge in [0.05, 0.1) is 12.7 Å². The molecule has 1 N–H and O–H groups in total. The van der Waals surface area contributed by atoms with Gasteiger partial charge in [0, 0.05) is 31.3 Å². The molecule has 2 aromatic heterocycles. The molecule has 0 bridgehead atoms. The van der Waals surface area contributed by atoms with Gasteiger partial charge >= 0.3 is 5.97 Å². The SMILES string of the molecule is COC(=O)C1CN(c2ccc(OCc3c(-c4ccc(F)cc4)noc3C)nn2)CCN1. The number of carbonyl (C=O) groups excluding carboxylic acids is 1. The quantitative estimate of drug-likeness (QED) is 0.593. The second-order valence-corrected chi connectivity index (χ2v) is 7.07. The van der Waals surface area contributed by atoms with Gasteiger partial charge < -0.3 is 24.2 Å². The van der Waals surface area contributed by atoms with E-state index in [1.807, 2.05) is 4.90 Å². The molecule has 1 atom stereocenters. The minimum absolute atomic E-state index is 0.175. The van der Waals surface area contributed by atoms with Crippen molar-refractivity contribution in [2.24, 2.45) is 0 Å². The smallest absolute Gasteiger partial charge is 0.324 e. The van der Waals surface area contributed by atoms with Crippen molar-refractivity contribution in [3.8, 4) is 17.1 Å². The summed E-state index contributed by atoms with van der Waals surface area (Å²) in [6.45, 7) is 3.74. The lowest BCUT2D eigenvalue weighted by molar-refractivity contribution is -0.143. The molecule has 1 aliphatic heterocycles. The maximum Gasteiger partial charge on any atom is 0.324 e. The van der Waals surface area contributed by atoms with Crippen molar-refractivity contribution < 1.29 is 23.2 Å². The van der Waals surface area contributed by atoms with Gasteiger partial charge in [-0.1, -0.05) is 5.16 Å². The molecule has 4 rings (SSSR count). The van der Waals surface area contributed by atoms with Gasteiger partial charge in [-0.05, 0) is 37.3 Å². The van der Waals surface area contributed by atoms with Crippen LogP contribution in [0.25, 0.3) is 11.3 Å². The lowest BCUT2D eigenvalue weighted by Gasteiger charge is -2.32. The monoisotopic (exact) mass is 427 g/mol. The largest absolute Gasteiger partial charge is 0.472 e. The number of nitrogens with zero attached hydrogens (tertiary/aromatic N) is 4. The second kappa shape index (κ2) is 9.09. The maximum absolute atomic E-state index is 13.2. The number of ether oxygens (including phenoxy) is 2. The number of anilines is 1. The molecule has 0 amide bonds. The summed E-state index contributed by atoms with van der Waals surface area (Å²) in [5, 5.41) is 15.5. The van der Waals surface area contributed by atoms with Crippen molar-refractivity contribution in [1.29, 1.82) is 0 Å². The molecule has 10 heteroatoms. The van der Waals surface area contributed by atoms with Crippen LogP contribution in [0.5, 0.6) is 5.88 Å². The molecular weight excluding hydrogens is 405 g/mol. The number of halogens is 1. The molecule has 9 nitrogen and oxygen atoms in total. The number of nitrogens with one attached hydrogen (secondary N) is 1. The molecule has 1 aliphatic rings. The van der Waals surface area contributed by atoms with Gasteiger partial charge in [0.2, 0.25) is 5.88 Å². The summed E-state index contributed by atoms with van der Waals surface area (Å²) in [6.07, 6.45) is 0. The van der Waals surface area contributed by atoms with Crippen molar-refractivity contribution in [1.82, 2.24) is 20.7 Å². The highest BCUT2D eigenvalue weighted by molar-refractivity contribution is 5.76. The number of hydrogen-bond acceptors (Lipinski definition) is 9. The first kappa shape index (κ1) is 20.7. The van der Waals surface area contributed by atoms with Crippen molar-refractivity contribution in [2.75, 3.05) is 31.6 Å². The van der Waals surface area contributed by atoms with Crippen LogP contribution in [0.3, 0.4) is 0 Å². The van der Waals surface area contributed by atoms with Gasteiger partial charge in [0.15, 0.2) is 5.82 Å². The Labute approximate surface area is 178 Å². The molecule has 1 saturated heterocycles. The molecule has 0 aliphatic carbocycles. The molecule has 3 heterocycles. The number of benzene rings is 1. The molecule has 1 aromatic carbocycles. The van der Waals surface area contributed by atoms with E-state index < -0.39 is 6.04 Å². The van der Waals surface area contributed by atoms with E-state index in [0.29, 0.717) is 42.8 Å². The Bertz CT molecular complexity index is 1040. The fraction of sp³-hybridized carbons (Fsp3) is 0.333. The Hall–Kier alpha value is -3.53. The van der Waals surface area contributed by atoms with Crippen molar-refractivity contribution in [3.05, 3.63) is 53.5 Å². The van der Waals surface area contributed by atoms with Crippen molar-refractivity contribution in [3.63, 3.8) is 0 Å². The van der Waals surface area contributed by atoms with Crippen LogP contribution in [0.2, 0.25) is 0 Å². The molecule has 0 spiro atoms. The topological polar surface area (TPSA) is 103 Å². The van der Waals surface area contributed by atoms with Crippen molar-refractivity contribution >= 4 is 11.8 Å². The molecule has 0 saturated carbocycles. The zero-order valence-corrected chi connectivity index (χ0v) is 17.2. The zero-order valence-electron chi connectivity index (χ0n) is 17.2. The minimum atomic E-state index is -0.405. The molecule has 0 radical (unpaired) electrons. The first-order chi connectivity index (χ1) is 15.0. The van der Waals surface area contributed by atoms with Crippen LogP contribution in [0.4, 0.5) is 10.2 Å². The molecular formula is C21H22FN5O4. The van der Waals surface area contributed by atoms with Gasteiger partial charge in [-0.2, -0.15) is 0 Å². The van der Waals surface area contributed by atoms with E-state index >= 15 is 0 Å². The molecule has 31 heavy (non-hydrogen) atoms. The zero-order chi connectivity index (χ0) is 21.8. The van der Waals surface area contributed by atoms with Gasteiger partial charge in [-0.3, -0.25) is 4.79 Å². The lowest BCUT2D eigenvalue weighted by Crippen LogP contribution is -2.54. The summed E-state index contributed by atoms with van der Waals surface area (Å²) < 4.78 is 29.1. The summed E-state index contributed by atoms with van der Waals surface area (Å²) in [5.41, 5.74) is 2.08. The van der Waals surface area contributed by atoms with E-state index in [-0.39, 0.29) is 18.4 Å². The first-order valence-corrected chi connectivity index (χ1v) is 9.79. The van der Waals surface area contributed by atoms with Crippen LogP contribution in [-0.4, -0.2) is 54.1 Å². The summed E-state index contributed by atoms with van der Waals surface area (Å²) in [4.78, 5) is 13.7. The van der Waals surface area contributed by atoms with E-state index in [1.54, 1.807) is 31.2 Å². The Morgan fingerprint density at radius 1 is 1.26 bits per heavy atom. The lowest BCUT2D eigenvalue weighted by atomic mass is 10.1. The first-order valence-electron chi connectivity index (χ1n) is 9.79. The Kier molecular flexibility index (Phi) is 6.08. The average molecular weight is 427 g/mol. The fourth-order valence-corrected chi connectivity index (χ4v) is 3.36. The summed E-state index contributed by atoms with van der Waals surface area (Å²) in [7, 11) is 1.37.